The predicted molar refractivity (Wildman–Crippen MR) is 136 cm³/mol. The summed E-state index contributed by atoms with van der Waals surface area (Å²) >= 11 is 0. The lowest BCUT2D eigenvalue weighted by molar-refractivity contribution is -0.0462. The summed E-state index contributed by atoms with van der Waals surface area (Å²) in [4.78, 5) is 14.2. The second kappa shape index (κ2) is 10.7. The molecular formula is C19H31B6N3O4S. The van der Waals surface area contributed by atoms with E-state index in [9.17, 15) is 13.2 Å². The Morgan fingerprint density at radius 3 is 2.12 bits per heavy atom. The molecule has 1 aliphatic carbocycles. The van der Waals surface area contributed by atoms with Crippen LogP contribution >= 0.6 is 0 Å². The quantitative estimate of drug-likeness (QED) is 0.514. The second-order valence-electron chi connectivity index (χ2n) is 9.66. The fourth-order valence-electron chi connectivity index (χ4n) is 5.00. The summed E-state index contributed by atoms with van der Waals surface area (Å²) in [6, 6.07) is -1.56. The van der Waals surface area contributed by atoms with E-state index in [0.29, 0.717) is 25.9 Å². The van der Waals surface area contributed by atoms with Crippen molar-refractivity contribution in [2.75, 3.05) is 26.0 Å². The van der Waals surface area contributed by atoms with Gasteiger partial charge in [-0.1, -0.05) is 48.3 Å². The van der Waals surface area contributed by atoms with Crippen LogP contribution in [0.3, 0.4) is 0 Å². The molecule has 1 saturated heterocycles. The van der Waals surface area contributed by atoms with Gasteiger partial charge >= 0.3 is 6.03 Å². The highest BCUT2D eigenvalue weighted by molar-refractivity contribution is 7.88. The molecule has 2 aliphatic rings. The standard InChI is InChI=1S/C19H31B6N3O4S/c1-5-26-17(29)28-8-6-7-11(27-33(4,30)31)12(28)9-32-19(25)15(22)13(20)18(24,10(2)3)14(21)16(19)23/h10-16,27H,5-9H2,1-4H3,(H,26,29)/t11-,12-,13?,14?,15?,16?,18?,19?/m0/s1. The maximum atomic E-state index is 12.7. The summed E-state index contributed by atoms with van der Waals surface area (Å²) in [5, 5.41) is 1.68. The second-order valence-corrected chi connectivity index (χ2v) is 11.4. The van der Waals surface area contributed by atoms with E-state index in [-0.39, 0.29) is 18.6 Å². The van der Waals surface area contributed by atoms with Crippen molar-refractivity contribution >= 4 is 63.1 Å². The molecule has 2 rings (SSSR count). The van der Waals surface area contributed by atoms with E-state index in [2.05, 4.69) is 10.0 Å². The van der Waals surface area contributed by atoms with Crippen LogP contribution < -0.4 is 10.0 Å². The highest BCUT2D eigenvalue weighted by Gasteiger charge is 2.55. The third kappa shape index (κ3) is 5.69. The summed E-state index contributed by atoms with van der Waals surface area (Å²) in [6.45, 7) is 6.29. The van der Waals surface area contributed by atoms with Crippen LogP contribution in [0.1, 0.15) is 33.6 Å². The van der Waals surface area contributed by atoms with Crippen molar-refractivity contribution in [3.8, 4) is 0 Å². The van der Waals surface area contributed by atoms with Crippen molar-refractivity contribution < 1.29 is 17.9 Å². The third-order valence-corrected chi connectivity index (χ3v) is 7.94. The van der Waals surface area contributed by atoms with Crippen molar-refractivity contribution in [3.05, 3.63) is 0 Å². The summed E-state index contributed by atoms with van der Waals surface area (Å²) < 4.78 is 32.6. The monoisotopic (exact) mass is 463 g/mol. The molecule has 0 aromatic heterocycles. The molecule has 2 fully saturated rings. The number of ether oxygens (including phenoxy) is 1. The molecular weight excluding hydrogens is 431 g/mol. The van der Waals surface area contributed by atoms with Crippen molar-refractivity contribution in [2.45, 2.75) is 79.8 Å². The molecule has 1 saturated carbocycles. The largest absolute Gasteiger partial charge is 0.384 e. The van der Waals surface area contributed by atoms with Crippen molar-refractivity contribution in [2.24, 2.45) is 5.92 Å². The van der Waals surface area contributed by atoms with E-state index in [4.69, 9.17) is 51.8 Å². The zero-order valence-electron chi connectivity index (χ0n) is 20.0. The first-order chi connectivity index (χ1) is 15.1. The van der Waals surface area contributed by atoms with Crippen LogP contribution in [0.15, 0.2) is 0 Å². The molecule has 7 nitrogen and oxygen atoms in total. The third-order valence-electron chi connectivity index (χ3n) is 7.21. The molecule has 170 valence electrons. The van der Waals surface area contributed by atoms with E-state index >= 15 is 0 Å². The van der Waals surface area contributed by atoms with Gasteiger partial charge in [-0.15, -0.1) is 0 Å². The Morgan fingerprint density at radius 1 is 1.12 bits per heavy atom. The van der Waals surface area contributed by atoms with Crippen LogP contribution in [-0.2, 0) is 14.8 Å². The summed E-state index contributed by atoms with van der Waals surface area (Å²) in [7, 11) is 35.2. The van der Waals surface area contributed by atoms with E-state index < -0.39 is 56.2 Å². The summed E-state index contributed by atoms with van der Waals surface area (Å²) in [6.07, 6.45) is 2.20. The number of carbonyl (C=O) groups is 1. The average Bonchev–Trinajstić information content (AvgIpc) is 2.73. The molecule has 1 aliphatic heterocycles. The van der Waals surface area contributed by atoms with Gasteiger partial charge in [0.05, 0.1) is 58.1 Å². The number of nitrogens with one attached hydrogen (secondary N) is 2. The van der Waals surface area contributed by atoms with E-state index in [1.807, 2.05) is 13.8 Å². The van der Waals surface area contributed by atoms with Crippen LogP contribution in [0.25, 0.3) is 0 Å². The number of carbonyl (C=O) groups excluding carboxylic acids is 1. The first kappa shape index (κ1) is 28.8. The molecule has 0 spiro atoms. The Kier molecular flexibility index (Phi) is 9.28. The van der Waals surface area contributed by atoms with Crippen LogP contribution in [-0.4, -0.2) is 110 Å². The van der Waals surface area contributed by atoms with E-state index in [1.165, 1.54) is 0 Å². The summed E-state index contributed by atoms with van der Waals surface area (Å²) in [5.74, 6) is -3.66. The Bertz CT molecular complexity index is 788. The first-order valence-electron chi connectivity index (χ1n) is 11.4. The number of sulfonamides is 1. The van der Waals surface area contributed by atoms with Gasteiger partial charge in [0.1, 0.15) is 7.85 Å². The molecule has 0 bridgehead atoms. The Balaban J connectivity index is 2.33. The molecule has 2 amide bonds. The SMILES string of the molecule is [B]C1C([B])C([B])(C(C)C)C([B])C([B])C1([B])OC[C@H]1[C@@H](NS(C)(=O)=O)CCCN1C(=O)NCC. The Morgan fingerprint density at radius 2 is 1.67 bits per heavy atom. The van der Waals surface area contributed by atoms with Crippen LogP contribution in [0.2, 0.25) is 28.6 Å². The topological polar surface area (TPSA) is 87.7 Å². The van der Waals surface area contributed by atoms with Gasteiger partial charge in [-0.2, -0.15) is 0 Å². The minimum Gasteiger partial charge on any atom is -0.384 e. The summed E-state index contributed by atoms with van der Waals surface area (Å²) in [5.41, 5.74) is -1.64. The number of rotatable bonds is 7. The maximum absolute atomic E-state index is 12.7. The van der Waals surface area contributed by atoms with Crippen LogP contribution in [0.4, 0.5) is 4.79 Å². The van der Waals surface area contributed by atoms with Gasteiger partial charge in [0.25, 0.3) is 0 Å². The van der Waals surface area contributed by atoms with Crippen LogP contribution in [0.5, 0.6) is 0 Å². The smallest absolute Gasteiger partial charge is 0.317 e. The minimum absolute atomic E-state index is 0.124. The maximum Gasteiger partial charge on any atom is 0.317 e. The Hall–Kier alpha value is -0.470. The fraction of sp³-hybridized carbons (Fsp3) is 0.947. The number of hydrogen-bond acceptors (Lipinski definition) is 4. The molecule has 12 radical (unpaired) electrons. The van der Waals surface area contributed by atoms with Gasteiger partial charge in [0.15, 0.2) is 0 Å². The lowest BCUT2D eigenvalue weighted by atomic mass is 9.25. The lowest BCUT2D eigenvalue weighted by Gasteiger charge is -2.63. The fourth-order valence-corrected chi connectivity index (χ4v) is 5.83. The number of likely N-dealkylation sites (tertiary alicyclic amines) is 1. The molecule has 6 atom stereocenters. The van der Waals surface area contributed by atoms with Gasteiger partial charge in [0, 0.05) is 24.6 Å². The lowest BCUT2D eigenvalue weighted by Crippen LogP contribution is -2.62. The number of amides is 2. The zero-order valence-corrected chi connectivity index (χ0v) is 20.8. The van der Waals surface area contributed by atoms with Crippen LogP contribution in [0, 0.1) is 5.92 Å². The van der Waals surface area contributed by atoms with Gasteiger partial charge in [-0.05, 0) is 19.8 Å². The number of piperidine rings is 1. The van der Waals surface area contributed by atoms with Gasteiger partial charge in [0.2, 0.25) is 10.0 Å². The van der Waals surface area contributed by atoms with Crippen molar-refractivity contribution in [1.29, 1.82) is 0 Å². The first-order valence-corrected chi connectivity index (χ1v) is 13.3. The van der Waals surface area contributed by atoms with Gasteiger partial charge in [-0.3, -0.25) is 0 Å². The van der Waals surface area contributed by atoms with Crippen molar-refractivity contribution in [3.63, 3.8) is 0 Å². The van der Waals surface area contributed by atoms with Gasteiger partial charge in [-0.25, -0.2) is 17.9 Å². The molecule has 4 unspecified atom stereocenters. The molecule has 0 aromatic rings. The van der Waals surface area contributed by atoms with E-state index in [0.717, 1.165) is 6.26 Å². The molecule has 1 heterocycles. The highest BCUT2D eigenvalue weighted by atomic mass is 32.2. The zero-order chi connectivity index (χ0) is 25.4. The van der Waals surface area contributed by atoms with Gasteiger partial charge < -0.3 is 15.0 Å². The van der Waals surface area contributed by atoms with Crippen molar-refractivity contribution in [1.82, 2.24) is 14.9 Å². The number of nitrogens with zero attached hydrogens (tertiary/aromatic N) is 1. The normalized spacial score (nSPS) is 40.0. The molecule has 33 heavy (non-hydrogen) atoms. The molecule has 2 N–H and O–H groups in total. The molecule has 0 aromatic carbocycles. The highest BCUT2D eigenvalue weighted by Crippen LogP contribution is 2.67. The predicted octanol–water partition coefficient (Wildman–Crippen LogP) is -0.196. The number of hydrogen-bond donors (Lipinski definition) is 2. The Labute approximate surface area is 207 Å². The molecule has 14 heteroatoms. The van der Waals surface area contributed by atoms with E-state index in [1.54, 1.807) is 11.8 Å². The minimum atomic E-state index is -3.54. The average molecular weight is 462 g/mol. The number of urea groups is 1.